The zero-order valence-electron chi connectivity index (χ0n) is 8.00. The number of amides is 1. The van der Waals surface area contributed by atoms with Crippen LogP contribution in [0.2, 0.25) is 0 Å². The van der Waals surface area contributed by atoms with Gasteiger partial charge >= 0.3 is 0 Å². The first kappa shape index (κ1) is 8.87. The van der Waals surface area contributed by atoms with Gasteiger partial charge in [-0.2, -0.15) is 0 Å². The highest BCUT2D eigenvalue weighted by atomic mass is 16.1. The third-order valence-electron chi connectivity index (χ3n) is 2.35. The average molecular weight is 191 g/mol. The molecule has 14 heavy (non-hydrogen) atoms. The van der Waals surface area contributed by atoms with E-state index in [1.54, 1.807) is 6.07 Å². The maximum atomic E-state index is 11.5. The SMILES string of the molecule is CC1CNc2cc(N)ccc2NC1=O. The van der Waals surface area contributed by atoms with Gasteiger partial charge in [0.1, 0.15) is 0 Å². The summed E-state index contributed by atoms with van der Waals surface area (Å²) in [5.74, 6) is 0.0182. The zero-order valence-corrected chi connectivity index (χ0v) is 8.00. The molecule has 1 unspecified atom stereocenters. The molecule has 1 aliphatic heterocycles. The molecule has 0 spiro atoms. The first-order chi connectivity index (χ1) is 6.66. The minimum Gasteiger partial charge on any atom is -0.399 e. The number of benzene rings is 1. The summed E-state index contributed by atoms with van der Waals surface area (Å²) in [6, 6.07) is 5.41. The summed E-state index contributed by atoms with van der Waals surface area (Å²) < 4.78 is 0. The van der Waals surface area contributed by atoms with Crippen molar-refractivity contribution in [3.05, 3.63) is 18.2 Å². The maximum absolute atomic E-state index is 11.5. The molecule has 4 N–H and O–H groups in total. The van der Waals surface area contributed by atoms with E-state index in [0.717, 1.165) is 11.4 Å². The molecule has 0 bridgehead atoms. The molecule has 1 aliphatic rings. The molecule has 0 aromatic heterocycles. The van der Waals surface area contributed by atoms with Crippen LogP contribution in [0.5, 0.6) is 0 Å². The molecule has 0 aliphatic carbocycles. The molecule has 1 atom stereocenters. The summed E-state index contributed by atoms with van der Waals surface area (Å²) in [6.07, 6.45) is 0. The first-order valence-electron chi connectivity index (χ1n) is 4.61. The smallest absolute Gasteiger partial charge is 0.229 e. The number of carbonyl (C=O) groups is 1. The average Bonchev–Trinajstić information content (AvgIpc) is 2.29. The van der Waals surface area contributed by atoms with E-state index in [1.807, 2.05) is 19.1 Å². The van der Waals surface area contributed by atoms with Gasteiger partial charge in [0.25, 0.3) is 0 Å². The second-order valence-electron chi connectivity index (χ2n) is 3.58. The maximum Gasteiger partial charge on any atom is 0.229 e. The van der Waals surface area contributed by atoms with Gasteiger partial charge in [-0.25, -0.2) is 0 Å². The molecule has 1 heterocycles. The minimum atomic E-state index is -0.0244. The van der Waals surface area contributed by atoms with E-state index in [0.29, 0.717) is 12.2 Å². The van der Waals surface area contributed by atoms with Crippen molar-refractivity contribution in [2.75, 3.05) is 22.9 Å². The van der Waals surface area contributed by atoms with E-state index < -0.39 is 0 Å². The van der Waals surface area contributed by atoms with Crippen molar-refractivity contribution >= 4 is 23.0 Å². The van der Waals surface area contributed by atoms with E-state index >= 15 is 0 Å². The Labute approximate surface area is 82.5 Å². The van der Waals surface area contributed by atoms with Gasteiger partial charge in [0.15, 0.2) is 0 Å². The number of hydrogen-bond acceptors (Lipinski definition) is 3. The molecule has 4 heteroatoms. The number of rotatable bonds is 0. The van der Waals surface area contributed by atoms with Crippen molar-refractivity contribution in [1.29, 1.82) is 0 Å². The summed E-state index contributed by atoms with van der Waals surface area (Å²) in [5.41, 5.74) is 8.03. The topological polar surface area (TPSA) is 67.2 Å². The Bertz CT molecular complexity index is 376. The fourth-order valence-electron chi connectivity index (χ4n) is 1.43. The summed E-state index contributed by atoms with van der Waals surface area (Å²) in [4.78, 5) is 11.5. The van der Waals surface area contributed by atoms with E-state index in [2.05, 4.69) is 10.6 Å². The summed E-state index contributed by atoms with van der Waals surface area (Å²) >= 11 is 0. The van der Waals surface area contributed by atoms with Crippen LogP contribution in [-0.4, -0.2) is 12.5 Å². The van der Waals surface area contributed by atoms with Gasteiger partial charge in [-0.05, 0) is 18.2 Å². The standard InChI is InChI=1S/C10H13N3O/c1-6-5-12-9-4-7(11)2-3-8(9)13-10(6)14/h2-4,6,12H,5,11H2,1H3,(H,13,14). The van der Waals surface area contributed by atoms with Crippen LogP contribution < -0.4 is 16.4 Å². The van der Waals surface area contributed by atoms with Crippen LogP contribution >= 0.6 is 0 Å². The van der Waals surface area contributed by atoms with Crippen molar-refractivity contribution in [3.63, 3.8) is 0 Å². The van der Waals surface area contributed by atoms with E-state index in [9.17, 15) is 4.79 Å². The molecule has 0 saturated carbocycles. The normalized spacial score (nSPS) is 20.4. The summed E-state index contributed by atoms with van der Waals surface area (Å²) in [6.45, 7) is 2.53. The van der Waals surface area contributed by atoms with E-state index in [-0.39, 0.29) is 11.8 Å². The fourth-order valence-corrected chi connectivity index (χ4v) is 1.43. The first-order valence-corrected chi connectivity index (χ1v) is 4.61. The Kier molecular flexibility index (Phi) is 2.04. The molecule has 74 valence electrons. The van der Waals surface area contributed by atoms with Gasteiger partial charge in [0, 0.05) is 12.2 Å². The number of fused-ring (bicyclic) bond motifs is 1. The quantitative estimate of drug-likeness (QED) is 0.541. The molecular formula is C10H13N3O. The highest BCUT2D eigenvalue weighted by Gasteiger charge is 2.18. The van der Waals surface area contributed by atoms with Gasteiger partial charge in [-0.1, -0.05) is 6.92 Å². The van der Waals surface area contributed by atoms with Crippen molar-refractivity contribution in [1.82, 2.24) is 0 Å². The zero-order chi connectivity index (χ0) is 10.1. The second kappa shape index (κ2) is 3.21. The number of hydrogen-bond donors (Lipinski definition) is 3. The second-order valence-corrected chi connectivity index (χ2v) is 3.58. The highest BCUT2D eigenvalue weighted by Crippen LogP contribution is 2.27. The lowest BCUT2D eigenvalue weighted by atomic mass is 10.2. The van der Waals surface area contributed by atoms with Gasteiger partial charge in [0.05, 0.1) is 17.3 Å². The van der Waals surface area contributed by atoms with E-state index in [1.165, 1.54) is 0 Å². The number of anilines is 3. The lowest BCUT2D eigenvalue weighted by molar-refractivity contribution is -0.118. The lowest BCUT2D eigenvalue weighted by Gasteiger charge is -2.07. The van der Waals surface area contributed by atoms with Gasteiger partial charge in [-0.3, -0.25) is 4.79 Å². The molecule has 0 radical (unpaired) electrons. The van der Waals surface area contributed by atoms with Crippen LogP contribution in [0.15, 0.2) is 18.2 Å². The highest BCUT2D eigenvalue weighted by molar-refractivity contribution is 5.97. The van der Waals surface area contributed by atoms with Crippen molar-refractivity contribution < 1.29 is 4.79 Å². The molecule has 1 amide bonds. The third-order valence-corrected chi connectivity index (χ3v) is 2.35. The van der Waals surface area contributed by atoms with Crippen LogP contribution in [0.3, 0.4) is 0 Å². The number of carbonyl (C=O) groups excluding carboxylic acids is 1. The summed E-state index contributed by atoms with van der Waals surface area (Å²) in [5, 5.41) is 6.03. The Morgan fingerprint density at radius 3 is 3.00 bits per heavy atom. The number of nitrogens with two attached hydrogens (primary N) is 1. The molecule has 1 aromatic rings. The van der Waals surface area contributed by atoms with Crippen LogP contribution in [0.1, 0.15) is 6.92 Å². The van der Waals surface area contributed by atoms with E-state index in [4.69, 9.17) is 5.73 Å². The fraction of sp³-hybridized carbons (Fsp3) is 0.300. The van der Waals surface area contributed by atoms with Crippen LogP contribution in [0, 0.1) is 5.92 Å². The molecule has 2 rings (SSSR count). The largest absolute Gasteiger partial charge is 0.399 e. The summed E-state index contributed by atoms with van der Waals surface area (Å²) in [7, 11) is 0. The lowest BCUT2D eigenvalue weighted by Crippen LogP contribution is -2.22. The predicted molar refractivity (Wildman–Crippen MR) is 57.1 cm³/mol. The molecule has 4 nitrogen and oxygen atoms in total. The third kappa shape index (κ3) is 1.51. The number of nitrogen functional groups attached to an aromatic ring is 1. The Balaban J connectivity index is 2.37. The monoisotopic (exact) mass is 191 g/mol. The van der Waals surface area contributed by atoms with Crippen molar-refractivity contribution in [2.45, 2.75) is 6.92 Å². The Hall–Kier alpha value is -1.71. The van der Waals surface area contributed by atoms with Crippen LogP contribution in [0.4, 0.5) is 17.1 Å². The Morgan fingerprint density at radius 1 is 1.43 bits per heavy atom. The van der Waals surface area contributed by atoms with Gasteiger partial charge in [-0.15, -0.1) is 0 Å². The Morgan fingerprint density at radius 2 is 2.21 bits per heavy atom. The van der Waals surface area contributed by atoms with Crippen LogP contribution in [-0.2, 0) is 4.79 Å². The van der Waals surface area contributed by atoms with Crippen molar-refractivity contribution in [2.24, 2.45) is 5.92 Å². The molecule has 0 saturated heterocycles. The number of nitrogens with one attached hydrogen (secondary N) is 2. The van der Waals surface area contributed by atoms with Crippen LogP contribution in [0.25, 0.3) is 0 Å². The molecule has 1 aromatic carbocycles. The molecule has 0 fully saturated rings. The molecular weight excluding hydrogens is 178 g/mol. The van der Waals surface area contributed by atoms with Gasteiger partial charge in [0.2, 0.25) is 5.91 Å². The minimum absolute atomic E-state index is 0.0244. The predicted octanol–water partition coefficient (Wildman–Crippen LogP) is 1.27. The van der Waals surface area contributed by atoms with Crippen molar-refractivity contribution in [3.8, 4) is 0 Å². The van der Waals surface area contributed by atoms with Gasteiger partial charge < -0.3 is 16.4 Å².